The van der Waals surface area contributed by atoms with E-state index >= 15 is 0 Å². The molecule has 1 aliphatic heterocycles. The number of morpholine rings is 1. The van der Waals surface area contributed by atoms with Gasteiger partial charge in [0.05, 0.1) is 26.0 Å². The third kappa shape index (κ3) is 5.68. The number of thiocarbonyl (C=S) groups is 1. The summed E-state index contributed by atoms with van der Waals surface area (Å²) >= 11 is 5.30. The van der Waals surface area contributed by atoms with Crippen molar-refractivity contribution in [3.8, 4) is 5.75 Å². The van der Waals surface area contributed by atoms with Gasteiger partial charge in [0.2, 0.25) is 0 Å². The van der Waals surface area contributed by atoms with Gasteiger partial charge in [-0.25, -0.2) is 0 Å². The minimum Gasteiger partial charge on any atom is -0.497 e. The Hall–Kier alpha value is -2.64. The maximum atomic E-state index is 5.40. The summed E-state index contributed by atoms with van der Waals surface area (Å²) in [6.45, 7) is 6.02. The maximum absolute atomic E-state index is 5.40. The third-order valence-electron chi connectivity index (χ3n) is 4.60. The zero-order chi connectivity index (χ0) is 19.8. The number of nitrogens with one attached hydrogen (secondary N) is 2. The van der Waals surface area contributed by atoms with Crippen LogP contribution in [0.4, 0.5) is 5.69 Å². The molecule has 0 spiro atoms. The molecule has 0 unspecified atom stereocenters. The predicted octanol–water partition coefficient (Wildman–Crippen LogP) is 2.92. The van der Waals surface area contributed by atoms with Crippen LogP contribution in [0.2, 0.25) is 0 Å². The number of benzene rings is 2. The van der Waals surface area contributed by atoms with E-state index in [0.29, 0.717) is 11.7 Å². The van der Waals surface area contributed by atoms with Gasteiger partial charge in [-0.1, -0.05) is 24.3 Å². The summed E-state index contributed by atoms with van der Waals surface area (Å²) < 4.78 is 10.6. The van der Waals surface area contributed by atoms with Crippen molar-refractivity contribution in [2.45, 2.75) is 13.5 Å². The van der Waals surface area contributed by atoms with Crippen molar-refractivity contribution in [3.05, 3.63) is 59.7 Å². The van der Waals surface area contributed by atoms with Gasteiger partial charge in [0.1, 0.15) is 5.75 Å². The molecule has 1 heterocycles. The fourth-order valence-electron chi connectivity index (χ4n) is 2.90. The van der Waals surface area contributed by atoms with Gasteiger partial charge in [0.25, 0.3) is 0 Å². The summed E-state index contributed by atoms with van der Waals surface area (Å²) in [6, 6.07) is 16.3. The van der Waals surface area contributed by atoms with Gasteiger partial charge >= 0.3 is 0 Å². The van der Waals surface area contributed by atoms with Gasteiger partial charge in [0, 0.05) is 25.3 Å². The number of rotatable bonds is 6. The lowest BCUT2D eigenvalue weighted by Gasteiger charge is -2.28. The van der Waals surface area contributed by atoms with Crippen LogP contribution in [0.5, 0.6) is 5.75 Å². The van der Waals surface area contributed by atoms with E-state index in [9.17, 15) is 0 Å². The van der Waals surface area contributed by atoms with Gasteiger partial charge in [-0.2, -0.15) is 5.10 Å². The Kier molecular flexibility index (Phi) is 7.22. The fraction of sp³-hybridized carbons (Fsp3) is 0.333. The largest absolute Gasteiger partial charge is 0.497 e. The Morgan fingerprint density at radius 2 is 1.79 bits per heavy atom. The average molecular weight is 399 g/mol. The Morgan fingerprint density at radius 3 is 2.43 bits per heavy atom. The summed E-state index contributed by atoms with van der Waals surface area (Å²) in [5.41, 5.74) is 7.17. The monoisotopic (exact) mass is 398 g/mol. The summed E-state index contributed by atoms with van der Waals surface area (Å²) in [7, 11) is 1.66. The lowest BCUT2D eigenvalue weighted by molar-refractivity contribution is 0.122. The molecule has 0 aliphatic carbocycles. The van der Waals surface area contributed by atoms with E-state index in [2.05, 4.69) is 45.0 Å². The number of ether oxygens (including phenoxy) is 2. The van der Waals surface area contributed by atoms with Crippen LogP contribution in [-0.4, -0.2) is 44.2 Å². The van der Waals surface area contributed by atoms with Gasteiger partial charge < -0.3 is 19.7 Å². The van der Waals surface area contributed by atoms with E-state index in [1.807, 2.05) is 31.2 Å². The van der Waals surface area contributed by atoms with Gasteiger partial charge in [-0.3, -0.25) is 5.43 Å². The highest BCUT2D eigenvalue weighted by Gasteiger charge is 2.11. The van der Waals surface area contributed by atoms with Crippen molar-refractivity contribution in [3.63, 3.8) is 0 Å². The highest BCUT2D eigenvalue weighted by Crippen LogP contribution is 2.17. The normalized spacial score (nSPS) is 14.5. The first-order valence-electron chi connectivity index (χ1n) is 9.30. The molecule has 0 atom stereocenters. The van der Waals surface area contributed by atoms with Crippen LogP contribution in [0.25, 0.3) is 0 Å². The smallest absolute Gasteiger partial charge is 0.187 e. The highest BCUT2D eigenvalue weighted by atomic mass is 32.1. The minimum atomic E-state index is 0.486. The SMILES string of the molecule is COc1ccc(CNC(=S)N/N=C(/C)c2ccc(N3CCOCC3)cc2)cc1. The molecule has 0 amide bonds. The standard InChI is InChI=1S/C21H26N4O2S/c1-16(18-5-7-19(8-6-18)25-11-13-27-14-12-25)23-24-21(28)22-15-17-3-9-20(26-2)10-4-17/h3-10H,11-15H2,1-2H3,(H2,22,24,28)/b23-16-. The summed E-state index contributed by atoms with van der Waals surface area (Å²) in [5.74, 6) is 0.837. The third-order valence-corrected chi connectivity index (χ3v) is 4.83. The van der Waals surface area contributed by atoms with Crippen LogP contribution in [0.1, 0.15) is 18.1 Å². The molecular formula is C21H26N4O2S. The second-order valence-electron chi connectivity index (χ2n) is 6.49. The van der Waals surface area contributed by atoms with Crippen molar-refractivity contribution in [1.29, 1.82) is 0 Å². The van der Waals surface area contributed by atoms with E-state index in [1.165, 1.54) is 5.69 Å². The first kappa shape index (κ1) is 20.1. The van der Waals surface area contributed by atoms with Crippen LogP contribution in [0, 0.1) is 0 Å². The minimum absolute atomic E-state index is 0.486. The van der Waals surface area contributed by atoms with E-state index in [4.69, 9.17) is 21.7 Å². The molecule has 1 saturated heterocycles. The molecule has 0 saturated carbocycles. The number of methoxy groups -OCH3 is 1. The molecule has 148 valence electrons. The van der Waals surface area contributed by atoms with Gasteiger partial charge in [-0.05, 0) is 54.5 Å². The van der Waals surface area contributed by atoms with Crippen molar-refractivity contribution >= 4 is 28.7 Å². The quantitative estimate of drug-likeness (QED) is 0.443. The van der Waals surface area contributed by atoms with E-state index in [1.54, 1.807) is 7.11 Å². The number of hydrazone groups is 1. The van der Waals surface area contributed by atoms with Crippen LogP contribution in [0.15, 0.2) is 53.6 Å². The summed E-state index contributed by atoms with van der Waals surface area (Å²) in [5, 5.41) is 8.02. The topological polar surface area (TPSA) is 58.1 Å². The molecule has 3 rings (SSSR count). The number of anilines is 1. The first-order valence-corrected chi connectivity index (χ1v) is 9.71. The highest BCUT2D eigenvalue weighted by molar-refractivity contribution is 7.80. The van der Waals surface area contributed by atoms with Crippen LogP contribution >= 0.6 is 12.2 Å². The first-order chi connectivity index (χ1) is 13.7. The molecule has 0 radical (unpaired) electrons. The Labute approximate surface area is 171 Å². The molecule has 0 bridgehead atoms. The molecule has 2 aromatic carbocycles. The summed E-state index contributed by atoms with van der Waals surface area (Å²) in [4.78, 5) is 2.33. The fourth-order valence-corrected chi connectivity index (χ4v) is 3.02. The molecule has 1 aliphatic rings. The lowest BCUT2D eigenvalue weighted by Crippen LogP contribution is -2.36. The second-order valence-corrected chi connectivity index (χ2v) is 6.89. The second kappa shape index (κ2) is 10.1. The molecule has 7 heteroatoms. The lowest BCUT2D eigenvalue weighted by atomic mass is 10.1. The van der Waals surface area contributed by atoms with Gasteiger partial charge in [-0.15, -0.1) is 0 Å². The van der Waals surface area contributed by atoms with E-state index in [0.717, 1.165) is 48.9 Å². The molecule has 6 nitrogen and oxygen atoms in total. The molecule has 28 heavy (non-hydrogen) atoms. The maximum Gasteiger partial charge on any atom is 0.187 e. The number of nitrogens with zero attached hydrogens (tertiary/aromatic N) is 2. The molecule has 1 fully saturated rings. The van der Waals surface area contributed by atoms with Gasteiger partial charge in [0.15, 0.2) is 5.11 Å². The van der Waals surface area contributed by atoms with Crippen molar-refractivity contribution < 1.29 is 9.47 Å². The van der Waals surface area contributed by atoms with Crippen LogP contribution < -0.4 is 20.4 Å². The van der Waals surface area contributed by atoms with Crippen molar-refractivity contribution in [2.24, 2.45) is 5.10 Å². The van der Waals surface area contributed by atoms with E-state index in [-0.39, 0.29) is 0 Å². The molecule has 0 aromatic heterocycles. The number of hydrogen-bond donors (Lipinski definition) is 2. The molecular weight excluding hydrogens is 372 g/mol. The Balaban J connectivity index is 1.49. The Bertz CT molecular complexity index is 800. The summed E-state index contributed by atoms with van der Waals surface area (Å²) in [6.07, 6.45) is 0. The zero-order valence-corrected chi connectivity index (χ0v) is 17.1. The predicted molar refractivity (Wildman–Crippen MR) is 117 cm³/mol. The Morgan fingerprint density at radius 1 is 1.11 bits per heavy atom. The molecule has 2 aromatic rings. The van der Waals surface area contributed by atoms with Crippen molar-refractivity contribution in [2.75, 3.05) is 38.3 Å². The van der Waals surface area contributed by atoms with E-state index < -0.39 is 0 Å². The van der Waals surface area contributed by atoms with Crippen LogP contribution in [-0.2, 0) is 11.3 Å². The molecule has 2 N–H and O–H groups in total. The van der Waals surface area contributed by atoms with Crippen LogP contribution in [0.3, 0.4) is 0 Å². The number of hydrogen-bond acceptors (Lipinski definition) is 5. The average Bonchev–Trinajstić information content (AvgIpc) is 2.77. The van der Waals surface area contributed by atoms with Crippen molar-refractivity contribution in [1.82, 2.24) is 10.7 Å². The zero-order valence-electron chi connectivity index (χ0n) is 16.3.